The van der Waals surface area contributed by atoms with Gasteiger partial charge in [0.1, 0.15) is 17.8 Å². The van der Waals surface area contributed by atoms with Gasteiger partial charge < -0.3 is 16.0 Å². The summed E-state index contributed by atoms with van der Waals surface area (Å²) < 4.78 is 41.9. The van der Waals surface area contributed by atoms with E-state index in [2.05, 4.69) is 30.5 Å². The van der Waals surface area contributed by atoms with Crippen LogP contribution in [-0.4, -0.2) is 37.9 Å². The van der Waals surface area contributed by atoms with Gasteiger partial charge >= 0.3 is 0 Å². The molecule has 1 aliphatic heterocycles. The third-order valence-electron chi connectivity index (χ3n) is 5.32. The molecule has 11 heteroatoms. The second kappa shape index (κ2) is 7.15. The molecular weight excluding hydrogens is 397 g/mol. The van der Waals surface area contributed by atoms with Gasteiger partial charge in [0.2, 0.25) is 17.8 Å². The zero-order valence-electron chi connectivity index (χ0n) is 15.8. The average Bonchev–Trinajstić information content (AvgIpc) is 3.32. The van der Waals surface area contributed by atoms with Crippen molar-refractivity contribution < 1.29 is 13.2 Å². The summed E-state index contributed by atoms with van der Waals surface area (Å²) in [6.45, 7) is -0.0430. The predicted octanol–water partition coefficient (Wildman–Crippen LogP) is 3.37. The van der Waals surface area contributed by atoms with Crippen molar-refractivity contribution in [1.29, 1.82) is 0 Å². The fourth-order valence-corrected chi connectivity index (χ4v) is 3.76. The number of nitrogens with one attached hydrogen (secondary N) is 2. The largest absolute Gasteiger partial charge is 0.368 e. The Kier molecular flexibility index (Phi) is 4.44. The molecule has 1 aromatic carbocycles. The maximum absolute atomic E-state index is 14.3. The fourth-order valence-electron chi connectivity index (χ4n) is 3.76. The van der Waals surface area contributed by atoms with Gasteiger partial charge in [-0.3, -0.25) is 5.10 Å². The Balaban J connectivity index is 1.44. The average molecular weight is 416 g/mol. The summed E-state index contributed by atoms with van der Waals surface area (Å²) in [5.41, 5.74) is 7.04. The Bertz CT molecular complexity index is 1080. The first-order valence-corrected chi connectivity index (χ1v) is 9.66. The van der Waals surface area contributed by atoms with E-state index in [4.69, 9.17) is 5.73 Å². The standard InChI is InChI=1S/C19H19F3N8/c20-10-3-4-12(13(22)5-10)15-6-11(21)8-30(15)19-26-17(23)25-18(27-19)24-16-7-14(28-29-16)9-1-2-9/h3-5,7,9,11,15H,1-2,6,8H2,(H4,23,24,25,26,27,28,29). The predicted molar refractivity (Wildman–Crippen MR) is 104 cm³/mol. The molecule has 2 atom stereocenters. The highest BCUT2D eigenvalue weighted by molar-refractivity contribution is 5.53. The van der Waals surface area contributed by atoms with Crippen molar-refractivity contribution >= 4 is 23.7 Å². The maximum atomic E-state index is 14.3. The minimum atomic E-state index is -1.22. The SMILES string of the molecule is Nc1nc(Nc2cc(C3CC3)[nH]n2)nc(N2CC(F)CC2c2ccc(F)cc2F)n1. The molecule has 2 aromatic heterocycles. The second-order valence-electron chi connectivity index (χ2n) is 7.59. The summed E-state index contributed by atoms with van der Waals surface area (Å²) in [5.74, 6) is -0.226. The number of aromatic nitrogens is 5. The van der Waals surface area contributed by atoms with Crippen LogP contribution in [0.5, 0.6) is 0 Å². The van der Waals surface area contributed by atoms with Gasteiger partial charge in [-0.1, -0.05) is 6.07 Å². The van der Waals surface area contributed by atoms with Gasteiger partial charge in [-0.25, -0.2) is 13.2 Å². The van der Waals surface area contributed by atoms with E-state index in [-0.39, 0.29) is 36.4 Å². The number of nitrogen functional groups attached to an aromatic ring is 1. The Morgan fingerprint density at radius 2 is 1.97 bits per heavy atom. The van der Waals surface area contributed by atoms with Crippen molar-refractivity contribution in [3.05, 3.63) is 47.2 Å². The molecule has 5 rings (SSSR count). The van der Waals surface area contributed by atoms with E-state index >= 15 is 0 Å². The minimum absolute atomic E-state index is 0.0288. The highest BCUT2D eigenvalue weighted by Crippen LogP contribution is 2.40. The second-order valence-corrected chi connectivity index (χ2v) is 7.59. The highest BCUT2D eigenvalue weighted by Gasteiger charge is 2.37. The number of alkyl halides is 1. The molecule has 0 spiro atoms. The van der Waals surface area contributed by atoms with E-state index in [0.717, 1.165) is 30.7 Å². The Hall–Kier alpha value is -3.37. The number of hydrogen-bond donors (Lipinski definition) is 3. The van der Waals surface area contributed by atoms with E-state index in [1.54, 1.807) is 0 Å². The highest BCUT2D eigenvalue weighted by atomic mass is 19.1. The summed E-state index contributed by atoms with van der Waals surface area (Å²) in [7, 11) is 0. The van der Waals surface area contributed by atoms with E-state index in [1.807, 2.05) is 6.07 Å². The van der Waals surface area contributed by atoms with Gasteiger partial charge in [0.25, 0.3) is 0 Å². The molecule has 0 bridgehead atoms. The number of rotatable bonds is 5. The van der Waals surface area contributed by atoms with Crippen LogP contribution in [0, 0.1) is 11.6 Å². The number of H-pyrrole nitrogens is 1. The van der Waals surface area contributed by atoms with Gasteiger partial charge in [-0.2, -0.15) is 20.1 Å². The molecule has 0 amide bonds. The Morgan fingerprint density at radius 3 is 2.73 bits per heavy atom. The van der Waals surface area contributed by atoms with Crippen LogP contribution >= 0.6 is 0 Å². The summed E-state index contributed by atoms with van der Waals surface area (Å²) in [6.07, 6.45) is 1.07. The zero-order chi connectivity index (χ0) is 20.8. The Labute approximate surface area is 169 Å². The van der Waals surface area contributed by atoms with E-state index < -0.39 is 23.8 Å². The molecule has 30 heavy (non-hydrogen) atoms. The first kappa shape index (κ1) is 18.6. The quantitative estimate of drug-likeness (QED) is 0.585. The molecule has 8 nitrogen and oxygen atoms in total. The third-order valence-corrected chi connectivity index (χ3v) is 5.32. The molecule has 2 aliphatic rings. The summed E-state index contributed by atoms with van der Waals surface area (Å²) in [4.78, 5) is 14.0. The molecule has 2 unspecified atom stereocenters. The first-order chi connectivity index (χ1) is 14.5. The van der Waals surface area contributed by atoms with Gasteiger partial charge in [0.05, 0.1) is 12.6 Å². The Morgan fingerprint density at radius 1 is 1.13 bits per heavy atom. The summed E-state index contributed by atoms with van der Waals surface area (Å²) >= 11 is 0. The van der Waals surface area contributed by atoms with Crippen LogP contribution in [0.1, 0.15) is 42.5 Å². The van der Waals surface area contributed by atoms with E-state index in [1.165, 1.54) is 11.0 Å². The number of benzene rings is 1. The maximum Gasteiger partial charge on any atom is 0.235 e. The van der Waals surface area contributed by atoms with E-state index in [9.17, 15) is 13.2 Å². The smallest absolute Gasteiger partial charge is 0.235 e. The molecule has 2 fully saturated rings. The molecule has 0 radical (unpaired) electrons. The van der Waals surface area contributed by atoms with Crippen LogP contribution in [-0.2, 0) is 0 Å². The summed E-state index contributed by atoms with van der Waals surface area (Å²) in [6, 6.07) is 4.42. The van der Waals surface area contributed by atoms with Crippen LogP contribution in [0.3, 0.4) is 0 Å². The van der Waals surface area contributed by atoms with Crippen molar-refractivity contribution in [2.24, 2.45) is 0 Å². The fraction of sp³-hybridized carbons (Fsp3) is 0.368. The zero-order valence-corrected chi connectivity index (χ0v) is 15.8. The van der Waals surface area contributed by atoms with E-state index in [0.29, 0.717) is 11.7 Å². The first-order valence-electron chi connectivity index (χ1n) is 9.66. The number of hydrogen-bond acceptors (Lipinski definition) is 7. The number of nitrogens with zero attached hydrogens (tertiary/aromatic N) is 5. The number of aromatic amines is 1. The van der Waals surface area contributed by atoms with Crippen molar-refractivity contribution in [3.63, 3.8) is 0 Å². The van der Waals surface area contributed by atoms with Crippen LogP contribution in [0.2, 0.25) is 0 Å². The van der Waals surface area contributed by atoms with Crippen LogP contribution < -0.4 is 16.0 Å². The molecule has 1 saturated carbocycles. The van der Waals surface area contributed by atoms with Crippen LogP contribution in [0.4, 0.5) is 36.8 Å². The third kappa shape index (κ3) is 3.62. The molecule has 1 saturated heterocycles. The van der Waals surface area contributed by atoms with Gasteiger partial charge in [0, 0.05) is 35.7 Å². The molecule has 4 N–H and O–H groups in total. The van der Waals surface area contributed by atoms with Crippen LogP contribution in [0.15, 0.2) is 24.3 Å². The number of halogens is 3. The lowest BCUT2D eigenvalue weighted by atomic mass is 10.0. The van der Waals surface area contributed by atoms with Gasteiger partial charge in [-0.05, 0) is 18.9 Å². The van der Waals surface area contributed by atoms with Crippen molar-refractivity contribution in [3.8, 4) is 0 Å². The lowest BCUT2D eigenvalue weighted by Gasteiger charge is -2.25. The minimum Gasteiger partial charge on any atom is -0.368 e. The number of anilines is 4. The summed E-state index contributed by atoms with van der Waals surface area (Å²) in [5, 5.41) is 10.1. The van der Waals surface area contributed by atoms with Crippen LogP contribution in [0.25, 0.3) is 0 Å². The lowest BCUT2D eigenvalue weighted by Crippen LogP contribution is -2.27. The molecule has 3 heterocycles. The van der Waals surface area contributed by atoms with Gasteiger partial charge in [-0.15, -0.1) is 0 Å². The monoisotopic (exact) mass is 416 g/mol. The molecule has 156 valence electrons. The number of nitrogens with two attached hydrogens (primary N) is 1. The lowest BCUT2D eigenvalue weighted by molar-refractivity contribution is 0.356. The molecule has 1 aliphatic carbocycles. The van der Waals surface area contributed by atoms with Crippen molar-refractivity contribution in [2.45, 2.75) is 37.4 Å². The van der Waals surface area contributed by atoms with Crippen molar-refractivity contribution in [1.82, 2.24) is 25.1 Å². The molecular formula is C19H19F3N8. The topological polar surface area (TPSA) is 109 Å². The van der Waals surface area contributed by atoms with Crippen molar-refractivity contribution in [2.75, 3.05) is 22.5 Å². The molecule has 3 aromatic rings. The van der Waals surface area contributed by atoms with Gasteiger partial charge in [0.15, 0.2) is 5.82 Å². The normalized spacial score (nSPS) is 21.2.